The summed E-state index contributed by atoms with van der Waals surface area (Å²) in [6.07, 6.45) is 9.71. The summed E-state index contributed by atoms with van der Waals surface area (Å²) in [7, 11) is 0. The molecule has 0 spiro atoms. The Morgan fingerprint density at radius 3 is 2.52 bits per heavy atom. The van der Waals surface area contributed by atoms with Crippen LogP contribution >= 0.6 is 0 Å². The van der Waals surface area contributed by atoms with Crippen LogP contribution in [0.5, 0.6) is 0 Å². The van der Waals surface area contributed by atoms with Gasteiger partial charge in [0.15, 0.2) is 5.78 Å². The van der Waals surface area contributed by atoms with Gasteiger partial charge in [-0.15, -0.1) is 0 Å². The number of allylic oxidation sites excluding steroid dienone is 1. The van der Waals surface area contributed by atoms with E-state index >= 15 is 0 Å². The molecule has 0 radical (unpaired) electrons. The second-order valence-electron chi connectivity index (χ2n) is 8.10. The van der Waals surface area contributed by atoms with Crippen LogP contribution in [0.1, 0.15) is 37.3 Å². The number of hydrogen-bond acceptors (Lipinski definition) is 5. The van der Waals surface area contributed by atoms with E-state index < -0.39 is 0 Å². The fourth-order valence-electron chi connectivity index (χ4n) is 4.12. The molecule has 31 heavy (non-hydrogen) atoms. The Morgan fingerprint density at radius 1 is 1.03 bits per heavy atom. The number of piperidine rings is 1. The predicted molar refractivity (Wildman–Crippen MR) is 120 cm³/mol. The van der Waals surface area contributed by atoms with Gasteiger partial charge < -0.3 is 14.5 Å². The number of benzene rings is 1. The molecule has 0 unspecified atom stereocenters. The van der Waals surface area contributed by atoms with Crippen molar-refractivity contribution in [1.29, 1.82) is 0 Å². The summed E-state index contributed by atoms with van der Waals surface area (Å²) in [4.78, 5) is 28.8. The van der Waals surface area contributed by atoms with E-state index in [1.807, 2.05) is 46.1 Å². The smallest absolute Gasteiger partial charge is 0.223 e. The number of hydrogen-bond donors (Lipinski definition) is 0. The summed E-state index contributed by atoms with van der Waals surface area (Å²) in [6, 6.07) is 10.0. The van der Waals surface area contributed by atoms with Crippen LogP contribution in [0, 0.1) is 0 Å². The highest BCUT2D eigenvalue weighted by Crippen LogP contribution is 2.25. The highest BCUT2D eigenvalue weighted by atomic mass is 16.5. The molecular weight excluding hydrogens is 392 g/mol. The summed E-state index contributed by atoms with van der Waals surface area (Å²) in [5, 5.41) is 4.57. The van der Waals surface area contributed by atoms with Crippen LogP contribution < -0.4 is 4.90 Å². The minimum atomic E-state index is -0.0146. The number of anilines is 1. The standard InChI is InChI=1S/C24H30N4O3/c29-23(7-6-20-4-2-1-3-5-20)8-9-24(30)27-12-10-21(11-13-27)28-19-22(18-25-28)26-14-16-31-17-15-26/h1-7,18-19,21H,8-17H2. The zero-order valence-electron chi connectivity index (χ0n) is 17.9. The molecular formula is C24H30N4O3. The van der Waals surface area contributed by atoms with Crippen LogP contribution in [0.4, 0.5) is 5.69 Å². The molecule has 7 nitrogen and oxygen atoms in total. The number of morpholine rings is 1. The van der Waals surface area contributed by atoms with E-state index in [4.69, 9.17) is 4.74 Å². The number of ether oxygens (including phenoxy) is 1. The van der Waals surface area contributed by atoms with E-state index in [9.17, 15) is 9.59 Å². The molecule has 0 bridgehead atoms. The van der Waals surface area contributed by atoms with Crippen LogP contribution in [0.3, 0.4) is 0 Å². The zero-order valence-corrected chi connectivity index (χ0v) is 17.9. The SMILES string of the molecule is O=C(C=Cc1ccccc1)CCC(=O)N1CCC(n2cc(N3CCOCC3)cn2)CC1. The summed E-state index contributed by atoms with van der Waals surface area (Å²) in [6.45, 7) is 4.75. The fraction of sp³-hybridized carbons (Fsp3) is 0.458. The third-order valence-electron chi connectivity index (χ3n) is 6.00. The molecule has 1 aromatic carbocycles. The highest BCUT2D eigenvalue weighted by molar-refractivity contribution is 5.95. The monoisotopic (exact) mass is 422 g/mol. The van der Waals surface area contributed by atoms with E-state index in [2.05, 4.69) is 16.2 Å². The molecule has 2 saturated heterocycles. The number of ketones is 1. The van der Waals surface area contributed by atoms with Gasteiger partial charge in [0.05, 0.1) is 31.1 Å². The van der Waals surface area contributed by atoms with Crippen molar-refractivity contribution in [3.05, 3.63) is 54.4 Å². The van der Waals surface area contributed by atoms with Gasteiger partial charge in [0.2, 0.25) is 5.91 Å². The lowest BCUT2D eigenvalue weighted by molar-refractivity contribution is -0.133. The van der Waals surface area contributed by atoms with Gasteiger partial charge in [0, 0.05) is 45.2 Å². The second-order valence-corrected chi connectivity index (χ2v) is 8.10. The average molecular weight is 423 g/mol. The first-order valence-corrected chi connectivity index (χ1v) is 11.1. The Hall–Kier alpha value is -2.93. The van der Waals surface area contributed by atoms with E-state index in [-0.39, 0.29) is 24.5 Å². The van der Waals surface area contributed by atoms with Crippen molar-refractivity contribution in [2.75, 3.05) is 44.3 Å². The fourth-order valence-corrected chi connectivity index (χ4v) is 4.12. The van der Waals surface area contributed by atoms with Gasteiger partial charge in [-0.1, -0.05) is 36.4 Å². The normalized spacial score (nSPS) is 17.9. The lowest BCUT2D eigenvalue weighted by Gasteiger charge is -2.32. The van der Waals surface area contributed by atoms with Crippen molar-refractivity contribution in [3.8, 4) is 0 Å². The molecule has 3 heterocycles. The zero-order chi connectivity index (χ0) is 21.5. The maximum Gasteiger partial charge on any atom is 0.223 e. The van der Waals surface area contributed by atoms with Crippen molar-refractivity contribution in [1.82, 2.24) is 14.7 Å². The van der Waals surface area contributed by atoms with Crippen LogP contribution in [0.2, 0.25) is 0 Å². The van der Waals surface area contributed by atoms with Crippen molar-refractivity contribution in [3.63, 3.8) is 0 Å². The topological polar surface area (TPSA) is 67.7 Å². The number of likely N-dealkylation sites (tertiary alicyclic amines) is 1. The van der Waals surface area contributed by atoms with Gasteiger partial charge in [0.1, 0.15) is 0 Å². The van der Waals surface area contributed by atoms with E-state index in [0.29, 0.717) is 19.1 Å². The Balaban J connectivity index is 1.20. The third kappa shape index (κ3) is 5.82. The molecule has 2 aromatic rings. The first kappa shape index (κ1) is 21.3. The highest BCUT2D eigenvalue weighted by Gasteiger charge is 2.25. The Bertz CT molecular complexity index is 895. The lowest BCUT2D eigenvalue weighted by atomic mass is 10.0. The largest absolute Gasteiger partial charge is 0.378 e. The van der Waals surface area contributed by atoms with Gasteiger partial charge >= 0.3 is 0 Å². The van der Waals surface area contributed by atoms with Gasteiger partial charge in [-0.3, -0.25) is 14.3 Å². The Labute approximate surface area is 183 Å². The van der Waals surface area contributed by atoms with Crippen molar-refractivity contribution in [2.24, 2.45) is 0 Å². The first-order valence-electron chi connectivity index (χ1n) is 11.1. The van der Waals surface area contributed by atoms with Crippen molar-refractivity contribution in [2.45, 2.75) is 31.7 Å². The molecule has 2 fully saturated rings. The maximum atomic E-state index is 12.5. The van der Waals surface area contributed by atoms with Gasteiger partial charge in [0.25, 0.3) is 0 Å². The molecule has 2 aliphatic rings. The van der Waals surface area contributed by atoms with Crippen LogP contribution in [0.15, 0.2) is 48.8 Å². The van der Waals surface area contributed by atoms with Crippen LogP contribution in [0.25, 0.3) is 6.08 Å². The van der Waals surface area contributed by atoms with E-state index in [1.54, 1.807) is 12.2 Å². The number of amides is 1. The summed E-state index contributed by atoms with van der Waals surface area (Å²) < 4.78 is 7.46. The molecule has 0 N–H and O–H groups in total. The maximum absolute atomic E-state index is 12.5. The molecule has 7 heteroatoms. The predicted octanol–water partition coefficient (Wildman–Crippen LogP) is 2.95. The average Bonchev–Trinajstić information content (AvgIpc) is 3.33. The summed E-state index contributed by atoms with van der Waals surface area (Å²) in [5.74, 6) is 0.0497. The quantitative estimate of drug-likeness (QED) is 0.642. The Kier molecular flexibility index (Phi) is 7.14. The third-order valence-corrected chi connectivity index (χ3v) is 6.00. The molecule has 0 atom stereocenters. The molecule has 1 amide bonds. The molecule has 2 aliphatic heterocycles. The lowest BCUT2D eigenvalue weighted by Crippen LogP contribution is -2.39. The first-order chi connectivity index (χ1) is 15.2. The number of aromatic nitrogens is 2. The van der Waals surface area contributed by atoms with Crippen LogP contribution in [-0.4, -0.2) is 65.8 Å². The summed E-state index contributed by atoms with van der Waals surface area (Å²) >= 11 is 0. The number of rotatable bonds is 7. The molecule has 1 aromatic heterocycles. The van der Waals surface area contributed by atoms with E-state index in [1.165, 1.54) is 0 Å². The second kappa shape index (κ2) is 10.4. The minimum absolute atomic E-state index is 0.0146. The van der Waals surface area contributed by atoms with E-state index in [0.717, 1.165) is 50.4 Å². The molecule has 0 saturated carbocycles. The van der Waals surface area contributed by atoms with Crippen molar-refractivity contribution < 1.29 is 14.3 Å². The summed E-state index contributed by atoms with van der Waals surface area (Å²) in [5.41, 5.74) is 2.13. The minimum Gasteiger partial charge on any atom is -0.378 e. The van der Waals surface area contributed by atoms with Gasteiger partial charge in [-0.2, -0.15) is 5.10 Å². The van der Waals surface area contributed by atoms with Gasteiger partial charge in [-0.05, 0) is 24.5 Å². The number of carbonyl (C=O) groups is 2. The number of nitrogens with zero attached hydrogens (tertiary/aromatic N) is 4. The Morgan fingerprint density at radius 2 is 1.77 bits per heavy atom. The molecule has 4 rings (SSSR count). The molecule has 0 aliphatic carbocycles. The van der Waals surface area contributed by atoms with Crippen molar-refractivity contribution >= 4 is 23.5 Å². The number of carbonyl (C=O) groups excluding carboxylic acids is 2. The van der Waals surface area contributed by atoms with Crippen LogP contribution in [-0.2, 0) is 14.3 Å². The molecule has 164 valence electrons. The van der Waals surface area contributed by atoms with Gasteiger partial charge in [-0.25, -0.2) is 0 Å².